The molecule has 124 valence electrons. The van der Waals surface area contributed by atoms with E-state index >= 15 is 0 Å². The molecule has 2 rings (SSSR count). The summed E-state index contributed by atoms with van der Waals surface area (Å²) in [5.74, 6) is -4.35. The van der Waals surface area contributed by atoms with Crippen molar-refractivity contribution in [2.45, 2.75) is 25.4 Å². The van der Waals surface area contributed by atoms with Gasteiger partial charge in [0.15, 0.2) is 0 Å². The first kappa shape index (κ1) is 17.4. The molecule has 9 heteroatoms. The third-order valence-corrected chi connectivity index (χ3v) is 4.15. The van der Waals surface area contributed by atoms with E-state index in [1.165, 1.54) is 19.1 Å². The van der Waals surface area contributed by atoms with Gasteiger partial charge in [-0.25, -0.2) is 4.79 Å². The first-order valence-electron chi connectivity index (χ1n) is 6.72. The number of carbonyl (C=O) groups is 3. The molecular weight excluding hydrogens is 347 g/mol. The summed E-state index contributed by atoms with van der Waals surface area (Å²) in [6, 6.07) is 1.30. The number of halogens is 2. The molecule has 23 heavy (non-hydrogen) atoms. The second-order valence-electron chi connectivity index (χ2n) is 5.24. The lowest BCUT2D eigenvalue weighted by Crippen LogP contribution is -2.43. The van der Waals surface area contributed by atoms with Crippen molar-refractivity contribution in [2.24, 2.45) is 5.92 Å². The van der Waals surface area contributed by atoms with Crippen molar-refractivity contribution in [3.05, 3.63) is 27.7 Å². The quantitative estimate of drug-likeness (QED) is 0.611. The van der Waals surface area contributed by atoms with Crippen molar-refractivity contribution in [3.63, 3.8) is 0 Å². The summed E-state index contributed by atoms with van der Waals surface area (Å²) in [5.41, 5.74) is 0.883. The van der Waals surface area contributed by atoms with E-state index < -0.39 is 35.8 Å². The summed E-state index contributed by atoms with van der Waals surface area (Å²) in [6.45, 7) is 1.25. The summed E-state index contributed by atoms with van der Waals surface area (Å²) >= 11 is 12.1. The lowest BCUT2D eigenvalue weighted by atomic mass is 9.92. The molecule has 0 fully saturated rings. The number of aliphatic carboxylic acids is 2. The number of carboxylic acids is 2. The molecule has 0 bridgehead atoms. The lowest BCUT2D eigenvalue weighted by Gasteiger charge is -2.32. The highest BCUT2D eigenvalue weighted by Crippen LogP contribution is 2.39. The molecule has 1 aliphatic rings. The summed E-state index contributed by atoms with van der Waals surface area (Å²) in [4.78, 5) is 34.2. The molecule has 7 nitrogen and oxygen atoms in total. The summed E-state index contributed by atoms with van der Waals surface area (Å²) < 4.78 is 0. The van der Waals surface area contributed by atoms with Crippen LogP contribution >= 0.6 is 23.2 Å². The van der Waals surface area contributed by atoms with Crippen LogP contribution in [0.2, 0.25) is 10.0 Å². The highest BCUT2D eigenvalue weighted by molar-refractivity contribution is 6.35. The zero-order chi connectivity index (χ0) is 17.3. The van der Waals surface area contributed by atoms with Gasteiger partial charge in [-0.3, -0.25) is 9.59 Å². The Kier molecular flexibility index (Phi) is 5.01. The molecule has 0 saturated heterocycles. The molecule has 3 unspecified atom stereocenters. The maximum atomic E-state index is 12.0. The zero-order valence-electron chi connectivity index (χ0n) is 12.0. The number of amides is 1. The van der Waals surface area contributed by atoms with Crippen LogP contribution in [0.4, 0.5) is 5.69 Å². The van der Waals surface area contributed by atoms with Crippen LogP contribution in [0, 0.1) is 5.92 Å². The minimum atomic E-state index is -1.27. The fourth-order valence-electron chi connectivity index (χ4n) is 2.36. The number of fused-ring (bicyclic) bond motifs is 1. The number of carbonyl (C=O) groups excluding carboxylic acids is 1. The highest BCUT2D eigenvalue weighted by Gasteiger charge is 2.34. The first-order valence-corrected chi connectivity index (χ1v) is 7.47. The largest absolute Gasteiger partial charge is 0.481 e. The van der Waals surface area contributed by atoms with Gasteiger partial charge in [-0.1, -0.05) is 23.2 Å². The second-order valence-corrected chi connectivity index (χ2v) is 6.08. The Bertz CT molecular complexity index is 679. The topological polar surface area (TPSA) is 116 Å². The fraction of sp³-hybridized carbons (Fsp3) is 0.357. The molecule has 0 radical (unpaired) electrons. The van der Waals surface area contributed by atoms with E-state index in [2.05, 4.69) is 10.6 Å². The van der Waals surface area contributed by atoms with E-state index in [1.807, 2.05) is 0 Å². The van der Waals surface area contributed by atoms with Gasteiger partial charge in [0.05, 0.1) is 6.04 Å². The maximum Gasteiger partial charge on any atom is 0.326 e. The Morgan fingerprint density at radius 2 is 1.96 bits per heavy atom. The third-order valence-electron chi connectivity index (χ3n) is 3.62. The van der Waals surface area contributed by atoms with Crippen LogP contribution in [0.5, 0.6) is 0 Å². The average Bonchev–Trinajstić information content (AvgIpc) is 2.44. The number of rotatable bonds is 4. The van der Waals surface area contributed by atoms with E-state index in [0.29, 0.717) is 16.3 Å². The van der Waals surface area contributed by atoms with Crippen molar-refractivity contribution in [1.82, 2.24) is 5.32 Å². The molecule has 1 aliphatic heterocycles. The lowest BCUT2D eigenvalue weighted by molar-refractivity contribution is -0.147. The minimum Gasteiger partial charge on any atom is -0.481 e. The van der Waals surface area contributed by atoms with Gasteiger partial charge in [0.1, 0.15) is 12.0 Å². The van der Waals surface area contributed by atoms with Crippen molar-refractivity contribution in [2.75, 3.05) is 5.32 Å². The van der Waals surface area contributed by atoms with E-state index in [1.54, 1.807) is 0 Å². The van der Waals surface area contributed by atoms with Crippen LogP contribution in [0.25, 0.3) is 0 Å². The molecule has 0 aromatic heterocycles. The van der Waals surface area contributed by atoms with Crippen LogP contribution in [-0.2, 0) is 14.4 Å². The van der Waals surface area contributed by atoms with Crippen LogP contribution in [0.1, 0.15) is 24.9 Å². The Morgan fingerprint density at radius 3 is 2.52 bits per heavy atom. The molecule has 1 heterocycles. The Hall–Kier alpha value is -1.99. The van der Waals surface area contributed by atoms with E-state index in [4.69, 9.17) is 28.3 Å². The Morgan fingerprint density at radius 1 is 1.30 bits per heavy atom. The van der Waals surface area contributed by atoms with Gasteiger partial charge in [0.2, 0.25) is 5.91 Å². The number of nitrogens with one attached hydrogen (secondary N) is 2. The van der Waals surface area contributed by atoms with Crippen LogP contribution in [0.15, 0.2) is 12.1 Å². The molecule has 1 aromatic rings. The molecule has 0 spiro atoms. The predicted molar refractivity (Wildman–Crippen MR) is 83.8 cm³/mol. The minimum absolute atomic E-state index is 0.0295. The standard InChI is InChI=1S/C14H14Cl2N2O5/c1-5(13(20)21)12(19)18-9-4-10(14(22)23)17-8-3-6(15)2-7(16)11(8)9/h2-3,5,9-10,17H,4H2,1H3,(H,18,19)(H,20,21)(H,22,23). The van der Waals surface area contributed by atoms with Crippen LogP contribution in [0.3, 0.4) is 0 Å². The van der Waals surface area contributed by atoms with Crippen molar-refractivity contribution >= 4 is 46.7 Å². The van der Waals surface area contributed by atoms with Crippen LogP contribution in [-0.4, -0.2) is 34.1 Å². The third kappa shape index (κ3) is 3.68. The van der Waals surface area contributed by atoms with Gasteiger partial charge in [-0.05, 0) is 19.1 Å². The number of hydrogen-bond donors (Lipinski definition) is 4. The molecule has 4 N–H and O–H groups in total. The van der Waals surface area contributed by atoms with Gasteiger partial charge in [-0.15, -0.1) is 0 Å². The molecule has 1 aromatic carbocycles. The highest BCUT2D eigenvalue weighted by atomic mass is 35.5. The molecular formula is C14H14Cl2N2O5. The summed E-state index contributed by atoms with van der Waals surface area (Å²) in [6.07, 6.45) is 0.0295. The number of anilines is 1. The number of carboxylic acid groups (broad SMARTS) is 2. The maximum absolute atomic E-state index is 12.0. The Balaban J connectivity index is 2.37. The molecule has 0 aliphatic carbocycles. The molecule has 0 saturated carbocycles. The second kappa shape index (κ2) is 6.64. The van der Waals surface area contributed by atoms with E-state index in [-0.39, 0.29) is 11.4 Å². The fourth-order valence-corrected chi connectivity index (χ4v) is 2.99. The zero-order valence-corrected chi connectivity index (χ0v) is 13.5. The van der Waals surface area contributed by atoms with Gasteiger partial charge >= 0.3 is 11.9 Å². The molecule has 3 atom stereocenters. The SMILES string of the molecule is CC(C(=O)O)C(=O)NC1CC(C(=O)O)Nc2cc(Cl)cc(Cl)c21. The van der Waals surface area contributed by atoms with Gasteiger partial charge in [-0.2, -0.15) is 0 Å². The summed E-state index contributed by atoms with van der Waals surface area (Å²) in [7, 11) is 0. The van der Waals surface area contributed by atoms with Gasteiger partial charge < -0.3 is 20.8 Å². The number of hydrogen-bond acceptors (Lipinski definition) is 4. The Labute approximate surface area is 141 Å². The molecule has 1 amide bonds. The average molecular weight is 361 g/mol. The first-order chi connectivity index (χ1) is 10.7. The van der Waals surface area contributed by atoms with Crippen molar-refractivity contribution < 1.29 is 24.6 Å². The van der Waals surface area contributed by atoms with Crippen LogP contribution < -0.4 is 10.6 Å². The smallest absolute Gasteiger partial charge is 0.326 e. The van der Waals surface area contributed by atoms with Crippen molar-refractivity contribution in [1.29, 1.82) is 0 Å². The summed E-state index contributed by atoms with van der Waals surface area (Å²) in [5, 5.41) is 24.0. The monoisotopic (exact) mass is 360 g/mol. The van der Waals surface area contributed by atoms with Crippen molar-refractivity contribution in [3.8, 4) is 0 Å². The van der Waals surface area contributed by atoms with E-state index in [0.717, 1.165) is 0 Å². The normalized spacial score (nSPS) is 20.8. The van der Waals surface area contributed by atoms with Gasteiger partial charge in [0, 0.05) is 27.7 Å². The van der Waals surface area contributed by atoms with E-state index in [9.17, 15) is 19.5 Å². The number of benzene rings is 1. The predicted octanol–water partition coefficient (Wildman–Crippen LogP) is 2.14. The van der Waals surface area contributed by atoms with Gasteiger partial charge in [0.25, 0.3) is 0 Å².